The Morgan fingerprint density at radius 1 is 1.28 bits per heavy atom. The number of para-hydroxylation sites is 2. The molecular weight excluding hydrogens is 451 g/mol. The molecule has 1 heterocycles. The molecule has 25 heavy (non-hydrogen) atoms. The van der Waals surface area contributed by atoms with Crippen LogP contribution in [0.15, 0.2) is 35.5 Å². The number of nitrogens with zero attached hydrogens (tertiary/aromatic N) is 2. The standard InChI is InChI=1S/C17H24N4O2S.HI/c1-12(23-16-8-6-5-7-15(16)22-4)9-20-17(18-3)21-11-14-10-19-13(2)24-14;/h5-8,10,12H,9,11H2,1-4H3,(H2,18,20,21);1H. The van der Waals surface area contributed by atoms with Crippen LogP contribution >= 0.6 is 35.3 Å². The summed E-state index contributed by atoms with van der Waals surface area (Å²) in [4.78, 5) is 9.64. The Morgan fingerprint density at radius 2 is 2.00 bits per heavy atom. The minimum absolute atomic E-state index is 0. The highest BCUT2D eigenvalue weighted by Gasteiger charge is 2.09. The first-order valence-corrected chi connectivity index (χ1v) is 8.59. The Morgan fingerprint density at radius 3 is 2.60 bits per heavy atom. The normalized spacial score (nSPS) is 12.1. The van der Waals surface area contributed by atoms with Gasteiger partial charge in [-0.15, -0.1) is 35.3 Å². The minimum Gasteiger partial charge on any atom is -0.493 e. The van der Waals surface area contributed by atoms with Gasteiger partial charge in [0.2, 0.25) is 0 Å². The summed E-state index contributed by atoms with van der Waals surface area (Å²) in [7, 11) is 3.39. The molecule has 2 rings (SSSR count). The number of ether oxygens (including phenoxy) is 2. The van der Waals surface area contributed by atoms with E-state index in [2.05, 4.69) is 20.6 Å². The summed E-state index contributed by atoms with van der Waals surface area (Å²) in [5.74, 6) is 2.20. The van der Waals surface area contributed by atoms with Crippen LogP contribution in [-0.2, 0) is 6.54 Å². The molecule has 6 nitrogen and oxygen atoms in total. The molecule has 1 aromatic carbocycles. The van der Waals surface area contributed by atoms with Crippen LogP contribution in [-0.4, -0.2) is 37.7 Å². The quantitative estimate of drug-likeness (QED) is 0.365. The van der Waals surface area contributed by atoms with Gasteiger partial charge in [0.15, 0.2) is 17.5 Å². The van der Waals surface area contributed by atoms with Gasteiger partial charge in [-0.2, -0.15) is 0 Å². The second-order valence-electron chi connectivity index (χ2n) is 5.23. The van der Waals surface area contributed by atoms with Gasteiger partial charge in [0.25, 0.3) is 0 Å². The lowest BCUT2D eigenvalue weighted by atomic mass is 10.3. The van der Waals surface area contributed by atoms with Crippen LogP contribution in [0, 0.1) is 6.92 Å². The molecule has 2 N–H and O–H groups in total. The molecule has 0 radical (unpaired) electrons. The fraction of sp³-hybridized carbons (Fsp3) is 0.412. The lowest BCUT2D eigenvalue weighted by molar-refractivity contribution is 0.213. The summed E-state index contributed by atoms with van der Waals surface area (Å²) in [6, 6.07) is 7.62. The van der Waals surface area contributed by atoms with E-state index in [4.69, 9.17) is 9.47 Å². The first-order chi connectivity index (χ1) is 11.6. The van der Waals surface area contributed by atoms with E-state index in [1.165, 1.54) is 4.88 Å². The third-order valence-corrected chi connectivity index (χ3v) is 4.19. The molecule has 1 unspecified atom stereocenters. The van der Waals surface area contributed by atoms with Gasteiger partial charge in [0, 0.05) is 18.1 Å². The number of benzene rings is 1. The summed E-state index contributed by atoms with van der Waals surface area (Å²) in [6.07, 6.45) is 1.85. The maximum absolute atomic E-state index is 5.92. The van der Waals surface area contributed by atoms with E-state index in [1.54, 1.807) is 25.5 Å². The van der Waals surface area contributed by atoms with Crippen molar-refractivity contribution in [2.24, 2.45) is 4.99 Å². The summed E-state index contributed by atoms with van der Waals surface area (Å²) in [6.45, 7) is 5.32. The highest BCUT2D eigenvalue weighted by Crippen LogP contribution is 2.26. The van der Waals surface area contributed by atoms with E-state index < -0.39 is 0 Å². The molecule has 1 aromatic heterocycles. The number of aromatic nitrogens is 1. The molecule has 1 atom stereocenters. The summed E-state index contributed by atoms with van der Waals surface area (Å²) in [5, 5.41) is 7.59. The minimum atomic E-state index is -0.0366. The van der Waals surface area contributed by atoms with Crippen LogP contribution in [0.4, 0.5) is 0 Å². The highest BCUT2D eigenvalue weighted by atomic mass is 127. The third kappa shape index (κ3) is 7.07. The maximum Gasteiger partial charge on any atom is 0.191 e. The summed E-state index contributed by atoms with van der Waals surface area (Å²) < 4.78 is 11.2. The van der Waals surface area contributed by atoms with Gasteiger partial charge in [0.05, 0.1) is 25.2 Å². The van der Waals surface area contributed by atoms with Crippen LogP contribution in [0.1, 0.15) is 16.8 Å². The Labute approximate surface area is 170 Å². The molecule has 8 heteroatoms. The monoisotopic (exact) mass is 476 g/mol. The van der Waals surface area contributed by atoms with E-state index in [9.17, 15) is 0 Å². The average Bonchev–Trinajstić information content (AvgIpc) is 3.01. The molecule has 2 aromatic rings. The van der Waals surface area contributed by atoms with Crippen molar-refractivity contribution in [3.63, 3.8) is 0 Å². The molecule has 0 saturated carbocycles. The smallest absolute Gasteiger partial charge is 0.191 e. The Bertz CT molecular complexity index is 678. The van der Waals surface area contributed by atoms with Crippen LogP contribution < -0.4 is 20.1 Å². The van der Waals surface area contributed by atoms with Crippen LogP contribution in [0.25, 0.3) is 0 Å². The van der Waals surface area contributed by atoms with Gasteiger partial charge in [0.1, 0.15) is 6.10 Å². The third-order valence-electron chi connectivity index (χ3n) is 3.28. The van der Waals surface area contributed by atoms with Gasteiger partial charge in [-0.05, 0) is 26.0 Å². The Kier molecular flexibility index (Phi) is 9.58. The predicted molar refractivity (Wildman–Crippen MR) is 114 cm³/mol. The molecule has 0 aliphatic carbocycles. The maximum atomic E-state index is 5.92. The second kappa shape index (κ2) is 11.1. The predicted octanol–water partition coefficient (Wildman–Crippen LogP) is 3.21. The molecule has 0 spiro atoms. The molecule has 0 fully saturated rings. The van der Waals surface area contributed by atoms with E-state index in [0.29, 0.717) is 13.1 Å². The van der Waals surface area contributed by atoms with Crippen LogP contribution in [0.3, 0.4) is 0 Å². The average molecular weight is 476 g/mol. The largest absolute Gasteiger partial charge is 0.493 e. The van der Waals surface area contributed by atoms with E-state index in [1.807, 2.05) is 44.3 Å². The van der Waals surface area contributed by atoms with Crippen LogP contribution in [0.2, 0.25) is 0 Å². The van der Waals surface area contributed by atoms with Gasteiger partial charge in [-0.1, -0.05) is 12.1 Å². The van der Waals surface area contributed by atoms with Gasteiger partial charge in [-0.25, -0.2) is 4.98 Å². The van der Waals surface area contributed by atoms with Crippen molar-refractivity contribution in [3.05, 3.63) is 40.3 Å². The molecule has 0 saturated heterocycles. The molecule has 0 bridgehead atoms. The molecular formula is C17H25IN4O2S. The van der Waals surface area contributed by atoms with Gasteiger partial charge >= 0.3 is 0 Å². The van der Waals surface area contributed by atoms with Crippen molar-refractivity contribution in [2.45, 2.75) is 26.5 Å². The van der Waals surface area contributed by atoms with Crippen molar-refractivity contribution < 1.29 is 9.47 Å². The second-order valence-corrected chi connectivity index (χ2v) is 6.55. The van der Waals surface area contributed by atoms with Crippen molar-refractivity contribution in [1.29, 1.82) is 0 Å². The number of rotatable bonds is 7. The number of nitrogens with one attached hydrogen (secondary N) is 2. The zero-order valence-corrected chi connectivity index (χ0v) is 18.1. The number of aliphatic imine (C=N–C) groups is 1. The van der Waals surface area contributed by atoms with Crippen molar-refractivity contribution in [2.75, 3.05) is 20.7 Å². The number of thiazole rings is 1. The van der Waals surface area contributed by atoms with Crippen LogP contribution in [0.5, 0.6) is 11.5 Å². The summed E-state index contributed by atoms with van der Waals surface area (Å²) in [5.41, 5.74) is 0. The number of hydrogen-bond donors (Lipinski definition) is 2. The number of guanidine groups is 1. The zero-order chi connectivity index (χ0) is 17.4. The number of aryl methyl sites for hydroxylation is 1. The Hall–Kier alpha value is -1.55. The first kappa shape index (κ1) is 21.5. The SMILES string of the molecule is CN=C(NCc1cnc(C)s1)NCC(C)Oc1ccccc1OC.I. The van der Waals surface area contributed by atoms with Gasteiger partial charge < -0.3 is 20.1 Å². The van der Waals surface area contributed by atoms with Crippen molar-refractivity contribution >= 4 is 41.3 Å². The van der Waals surface area contributed by atoms with Gasteiger partial charge in [-0.3, -0.25) is 4.99 Å². The Balaban J connectivity index is 0.00000312. The number of methoxy groups -OCH3 is 1. The molecule has 0 aliphatic rings. The molecule has 138 valence electrons. The fourth-order valence-electron chi connectivity index (χ4n) is 2.09. The highest BCUT2D eigenvalue weighted by molar-refractivity contribution is 14.0. The summed E-state index contributed by atoms with van der Waals surface area (Å²) >= 11 is 1.68. The van der Waals surface area contributed by atoms with Crippen molar-refractivity contribution in [1.82, 2.24) is 15.6 Å². The van der Waals surface area contributed by atoms with E-state index in [-0.39, 0.29) is 30.1 Å². The van der Waals surface area contributed by atoms with E-state index in [0.717, 1.165) is 22.5 Å². The first-order valence-electron chi connectivity index (χ1n) is 7.78. The topological polar surface area (TPSA) is 67.8 Å². The lowest BCUT2D eigenvalue weighted by Crippen LogP contribution is -2.41. The molecule has 0 aliphatic heterocycles. The molecule has 0 amide bonds. The zero-order valence-electron chi connectivity index (χ0n) is 14.9. The fourth-order valence-corrected chi connectivity index (χ4v) is 2.83. The lowest BCUT2D eigenvalue weighted by Gasteiger charge is -2.18. The van der Waals surface area contributed by atoms with Crippen molar-refractivity contribution in [3.8, 4) is 11.5 Å². The van der Waals surface area contributed by atoms with E-state index >= 15 is 0 Å². The number of halogens is 1. The number of hydrogen-bond acceptors (Lipinski definition) is 5.